The second-order valence-electron chi connectivity index (χ2n) is 7.64. The molecule has 0 bridgehead atoms. The molecular formula is C20H32N4O2S. The number of hydrogen-bond donors (Lipinski definition) is 2. The number of thiophene rings is 1. The minimum absolute atomic E-state index is 0.00958. The van der Waals surface area contributed by atoms with E-state index < -0.39 is 0 Å². The standard InChI is InChI=1S/C20H32N4O2S/c1-16(25)21-15-19-8-7-18(27-19)9-10-23-11-13-24(14-12-23)20(26)22-17-5-3-2-4-6-17/h7-8,17H,2-6,9-15H2,1H3,(H,21,25)(H,22,26). The van der Waals surface area contributed by atoms with E-state index in [1.54, 1.807) is 18.3 Å². The lowest BCUT2D eigenvalue weighted by Crippen LogP contribution is -2.53. The normalized spacial score (nSPS) is 19.1. The van der Waals surface area contributed by atoms with Crippen LogP contribution in [0.4, 0.5) is 4.79 Å². The third-order valence-electron chi connectivity index (χ3n) is 5.50. The first-order valence-corrected chi connectivity index (χ1v) is 11.0. The van der Waals surface area contributed by atoms with Crippen LogP contribution in [0.3, 0.4) is 0 Å². The molecule has 1 aliphatic carbocycles. The van der Waals surface area contributed by atoms with Gasteiger partial charge in [-0.2, -0.15) is 0 Å². The lowest BCUT2D eigenvalue weighted by Gasteiger charge is -2.36. The van der Waals surface area contributed by atoms with Crippen LogP contribution in [0.25, 0.3) is 0 Å². The number of rotatable bonds is 6. The first kappa shape index (κ1) is 20.1. The fourth-order valence-electron chi connectivity index (χ4n) is 3.82. The van der Waals surface area contributed by atoms with Gasteiger partial charge in [0.25, 0.3) is 0 Å². The van der Waals surface area contributed by atoms with Gasteiger partial charge in [0.2, 0.25) is 5.91 Å². The van der Waals surface area contributed by atoms with Crippen molar-refractivity contribution >= 4 is 23.3 Å². The lowest BCUT2D eigenvalue weighted by molar-refractivity contribution is -0.119. The van der Waals surface area contributed by atoms with Crippen LogP contribution in [0.2, 0.25) is 0 Å². The van der Waals surface area contributed by atoms with Crippen molar-refractivity contribution in [3.05, 3.63) is 21.9 Å². The van der Waals surface area contributed by atoms with Gasteiger partial charge < -0.3 is 15.5 Å². The summed E-state index contributed by atoms with van der Waals surface area (Å²) in [5.41, 5.74) is 0. The first-order chi connectivity index (χ1) is 13.1. The molecule has 7 heteroatoms. The monoisotopic (exact) mass is 392 g/mol. The molecule has 2 N–H and O–H groups in total. The Morgan fingerprint density at radius 2 is 1.78 bits per heavy atom. The van der Waals surface area contributed by atoms with Gasteiger partial charge in [0.15, 0.2) is 0 Å². The smallest absolute Gasteiger partial charge is 0.317 e. The molecule has 0 unspecified atom stereocenters. The van der Waals surface area contributed by atoms with Crippen molar-refractivity contribution in [2.24, 2.45) is 0 Å². The number of urea groups is 1. The summed E-state index contributed by atoms with van der Waals surface area (Å²) < 4.78 is 0. The molecule has 27 heavy (non-hydrogen) atoms. The van der Waals surface area contributed by atoms with Crippen molar-refractivity contribution in [3.8, 4) is 0 Å². The van der Waals surface area contributed by atoms with Gasteiger partial charge in [-0.05, 0) is 31.4 Å². The second-order valence-corrected chi connectivity index (χ2v) is 8.89. The Bertz CT molecular complexity index is 619. The number of hydrogen-bond acceptors (Lipinski definition) is 4. The van der Waals surface area contributed by atoms with E-state index in [2.05, 4.69) is 27.7 Å². The topological polar surface area (TPSA) is 64.7 Å². The Kier molecular flexibility index (Phi) is 7.52. The summed E-state index contributed by atoms with van der Waals surface area (Å²) >= 11 is 1.77. The van der Waals surface area contributed by atoms with E-state index >= 15 is 0 Å². The SMILES string of the molecule is CC(=O)NCc1ccc(CCN2CCN(C(=O)NC3CCCCC3)CC2)s1. The van der Waals surface area contributed by atoms with Crippen molar-refractivity contribution < 1.29 is 9.59 Å². The third kappa shape index (κ3) is 6.50. The largest absolute Gasteiger partial charge is 0.351 e. The van der Waals surface area contributed by atoms with E-state index in [0.29, 0.717) is 12.6 Å². The molecule has 6 nitrogen and oxygen atoms in total. The highest BCUT2D eigenvalue weighted by Crippen LogP contribution is 2.19. The van der Waals surface area contributed by atoms with Crippen molar-refractivity contribution in [2.45, 2.75) is 58.0 Å². The molecule has 1 aromatic heterocycles. The van der Waals surface area contributed by atoms with Gasteiger partial charge in [-0.25, -0.2) is 4.79 Å². The Balaban J connectivity index is 1.34. The van der Waals surface area contributed by atoms with Crippen LogP contribution < -0.4 is 10.6 Å². The van der Waals surface area contributed by atoms with Crippen molar-refractivity contribution in [1.82, 2.24) is 20.4 Å². The van der Waals surface area contributed by atoms with E-state index in [0.717, 1.165) is 52.0 Å². The van der Waals surface area contributed by atoms with Crippen molar-refractivity contribution in [3.63, 3.8) is 0 Å². The fraction of sp³-hybridized carbons (Fsp3) is 0.700. The zero-order valence-electron chi connectivity index (χ0n) is 16.3. The molecule has 1 aromatic rings. The lowest BCUT2D eigenvalue weighted by atomic mass is 9.96. The number of carbonyl (C=O) groups excluding carboxylic acids is 2. The number of amides is 3. The molecule has 2 fully saturated rings. The summed E-state index contributed by atoms with van der Waals surface area (Å²) in [7, 11) is 0. The van der Waals surface area contributed by atoms with Crippen molar-refractivity contribution in [2.75, 3.05) is 32.7 Å². The maximum absolute atomic E-state index is 12.4. The van der Waals surface area contributed by atoms with Gasteiger partial charge >= 0.3 is 6.03 Å². The Morgan fingerprint density at radius 3 is 2.48 bits per heavy atom. The maximum atomic E-state index is 12.4. The van der Waals surface area contributed by atoms with Gasteiger partial charge in [-0.3, -0.25) is 9.69 Å². The summed E-state index contributed by atoms with van der Waals surface area (Å²) in [4.78, 5) is 30.4. The number of piperazine rings is 1. The van der Waals surface area contributed by atoms with Crippen LogP contribution in [0, 0.1) is 0 Å². The van der Waals surface area contributed by atoms with E-state index in [1.165, 1.54) is 29.0 Å². The average Bonchev–Trinajstić information content (AvgIpc) is 3.14. The minimum Gasteiger partial charge on any atom is -0.351 e. The highest BCUT2D eigenvalue weighted by molar-refractivity contribution is 7.11. The number of nitrogens with one attached hydrogen (secondary N) is 2. The predicted molar refractivity (Wildman–Crippen MR) is 109 cm³/mol. The molecule has 0 aromatic carbocycles. The third-order valence-corrected chi connectivity index (χ3v) is 6.64. The van der Waals surface area contributed by atoms with Gasteiger partial charge in [0.05, 0.1) is 6.54 Å². The first-order valence-electron chi connectivity index (χ1n) is 10.2. The average molecular weight is 393 g/mol. The zero-order valence-corrected chi connectivity index (χ0v) is 17.2. The summed E-state index contributed by atoms with van der Waals surface area (Å²) in [5.74, 6) is 0.00958. The Labute approximate surface area is 166 Å². The van der Waals surface area contributed by atoms with Gasteiger partial charge in [-0.1, -0.05) is 19.3 Å². The molecule has 0 spiro atoms. The van der Waals surface area contributed by atoms with Crippen LogP contribution in [0.1, 0.15) is 48.8 Å². The Morgan fingerprint density at radius 1 is 1.07 bits per heavy atom. The molecule has 1 aliphatic heterocycles. The molecule has 3 amide bonds. The van der Waals surface area contributed by atoms with Gasteiger partial charge in [0.1, 0.15) is 0 Å². The van der Waals surface area contributed by atoms with Crippen LogP contribution in [-0.2, 0) is 17.8 Å². The highest BCUT2D eigenvalue weighted by Gasteiger charge is 2.23. The summed E-state index contributed by atoms with van der Waals surface area (Å²) in [6, 6.07) is 4.77. The number of carbonyl (C=O) groups is 2. The summed E-state index contributed by atoms with van der Waals surface area (Å²) in [6.45, 7) is 6.72. The molecular weight excluding hydrogens is 360 g/mol. The fourth-order valence-corrected chi connectivity index (χ4v) is 4.77. The molecule has 0 atom stereocenters. The Hall–Kier alpha value is -1.60. The zero-order chi connectivity index (χ0) is 19.1. The van der Waals surface area contributed by atoms with Crippen LogP contribution in [0.5, 0.6) is 0 Å². The van der Waals surface area contributed by atoms with Gasteiger partial charge in [0, 0.05) is 55.4 Å². The second kappa shape index (κ2) is 10.1. The molecule has 1 saturated heterocycles. The molecule has 150 valence electrons. The molecule has 0 radical (unpaired) electrons. The summed E-state index contributed by atoms with van der Waals surface area (Å²) in [6.07, 6.45) is 7.10. The van der Waals surface area contributed by atoms with E-state index in [4.69, 9.17) is 0 Å². The van der Waals surface area contributed by atoms with Crippen LogP contribution in [-0.4, -0.2) is 60.5 Å². The number of nitrogens with zero attached hydrogens (tertiary/aromatic N) is 2. The summed E-state index contributed by atoms with van der Waals surface area (Å²) in [5, 5.41) is 6.07. The van der Waals surface area contributed by atoms with Crippen LogP contribution in [0.15, 0.2) is 12.1 Å². The molecule has 2 aliphatic rings. The minimum atomic E-state index is 0.00958. The van der Waals surface area contributed by atoms with Gasteiger partial charge in [-0.15, -0.1) is 11.3 Å². The van der Waals surface area contributed by atoms with Crippen LogP contribution >= 0.6 is 11.3 Å². The molecule has 2 heterocycles. The maximum Gasteiger partial charge on any atom is 0.317 e. The predicted octanol–water partition coefficient (Wildman–Crippen LogP) is 2.59. The molecule has 1 saturated carbocycles. The molecule has 3 rings (SSSR count). The quantitative estimate of drug-likeness (QED) is 0.782. The highest BCUT2D eigenvalue weighted by atomic mass is 32.1. The van der Waals surface area contributed by atoms with E-state index in [9.17, 15) is 9.59 Å². The van der Waals surface area contributed by atoms with E-state index in [1.807, 2.05) is 4.90 Å². The van der Waals surface area contributed by atoms with Crippen molar-refractivity contribution in [1.29, 1.82) is 0 Å². The van der Waals surface area contributed by atoms with E-state index in [-0.39, 0.29) is 11.9 Å².